The number of imide groups is 1. The molecular formula is C16H12ClNO4. The number of carbonyl (C=O) groups is 3. The number of ketones is 1. The fraction of sp³-hybridized carbons (Fsp3) is 0.188. The Morgan fingerprint density at radius 1 is 1.27 bits per heavy atom. The molecule has 112 valence electrons. The molecule has 1 fully saturated rings. The van der Waals surface area contributed by atoms with Crippen LogP contribution in [0.1, 0.15) is 16.8 Å². The van der Waals surface area contributed by atoms with E-state index in [9.17, 15) is 14.4 Å². The highest BCUT2D eigenvalue weighted by atomic mass is 35.5. The van der Waals surface area contributed by atoms with Gasteiger partial charge in [0.1, 0.15) is 5.75 Å². The van der Waals surface area contributed by atoms with Gasteiger partial charge in [0.15, 0.2) is 0 Å². The quantitative estimate of drug-likeness (QED) is 0.620. The molecule has 1 aliphatic carbocycles. The standard InChI is InChI=1S/C16H12ClNO4/c1-22-10-7-5-9(6-8-10)15(20)18-13-11(14(19)16(18)21)3-2-4-12(13)17/h2,4-8,11H,3H2,1H3. The van der Waals surface area contributed by atoms with Crippen molar-refractivity contribution in [1.82, 2.24) is 4.90 Å². The molecule has 1 aromatic rings. The topological polar surface area (TPSA) is 63.7 Å². The van der Waals surface area contributed by atoms with Crippen LogP contribution < -0.4 is 4.74 Å². The molecule has 0 saturated carbocycles. The summed E-state index contributed by atoms with van der Waals surface area (Å²) in [4.78, 5) is 37.7. The molecule has 22 heavy (non-hydrogen) atoms. The lowest BCUT2D eigenvalue weighted by Crippen LogP contribution is -2.33. The van der Waals surface area contributed by atoms with Crippen LogP contribution >= 0.6 is 11.6 Å². The molecule has 0 bridgehead atoms. The van der Waals surface area contributed by atoms with Gasteiger partial charge in [-0.05, 0) is 36.8 Å². The molecule has 1 atom stereocenters. The van der Waals surface area contributed by atoms with Crippen LogP contribution in [0, 0.1) is 5.92 Å². The first-order valence-corrected chi connectivity index (χ1v) is 7.05. The van der Waals surface area contributed by atoms with Gasteiger partial charge in [-0.2, -0.15) is 0 Å². The number of hydrogen-bond donors (Lipinski definition) is 0. The maximum absolute atomic E-state index is 12.6. The second kappa shape index (κ2) is 5.42. The van der Waals surface area contributed by atoms with E-state index in [1.54, 1.807) is 36.4 Å². The van der Waals surface area contributed by atoms with Crippen molar-refractivity contribution >= 4 is 29.2 Å². The number of allylic oxidation sites excluding steroid dienone is 4. The van der Waals surface area contributed by atoms with Crippen LogP contribution in [-0.4, -0.2) is 29.6 Å². The fourth-order valence-corrected chi connectivity index (χ4v) is 2.90. The van der Waals surface area contributed by atoms with Crippen molar-refractivity contribution in [3.05, 3.63) is 52.7 Å². The van der Waals surface area contributed by atoms with Gasteiger partial charge in [0.05, 0.1) is 23.8 Å². The molecule has 1 aliphatic heterocycles. The van der Waals surface area contributed by atoms with E-state index >= 15 is 0 Å². The van der Waals surface area contributed by atoms with Crippen LogP contribution in [0.5, 0.6) is 5.75 Å². The predicted molar refractivity (Wildman–Crippen MR) is 79.3 cm³/mol. The Balaban J connectivity index is 2.01. The average Bonchev–Trinajstić information content (AvgIpc) is 2.80. The van der Waals surface area contributed by atoms with Crippen molar-refractivity contribution in [1.29, 1.82) is 0 Å². The Labute approximate surface area is 131 Å². The molecule has 0 N–H and O–H groups in total. The van der Waals surface area contributed by atoms with Crippen molar-refractivity contribution in [3.63, 3.8) is 0 Å². The highest BCUT2D eigenvalue weighted by Gasteiger charge is 2.48. The summed E-state index contributed by atoms with van der Waals surface area (Å²) in [6, 6.07) is 6.31. The summed E-state index contributed by atoms with van der Waals surface area (Å²) in [7, 11) is 1.52. The van der Waals surface area contributed by atoms with Gasteiger partial charge >= 0.3 is 5.91 Å². The van der Waals surface area contributed by atoms with Crippen molar-refractivity contribution in [2.24, 2.45) is 5.92 Å². The lowest BCUT2D eigenvalue weighted by atomic mass is 9.96. The Morgan fingerprint density at radius 3 is 2.59 bits per heavy atom. The van der Waals surface area contributed by atoms with E-state index in [1.807, 2.05) is 0 Å². The number of ether oxygens (including phenoxy) is 1. The van der Waals surface area contributed by atoms with Gasteiger partial charge in [-0.1, -0.05) is 17.7 Å². The fourth-order valence-electron chi connectivity index (χ4n) is 2.60. The highest BCUT2D eigenvalue weighted by Crippen LogP contribution is 2.37. The van der Waals surface area contributed by atoms with E-state index in [1.165, 1.54) is 7.11 Å². The molecule has 0 aromatic heterocycles. The van der Waals surface area contributed by atoms with Gasteiger partial charge in [0.2, 0.25) is 5.78 Å². The monoisotopic (exact) mass is 317 g/mol. The third-order valence-corrected chi connectivity index (χ3v) is 4.04. The smallest absolute Gasteiger partial charge is 0.301 e. The maximum atomic E-state index is 12.6. The number of fused-ring (bicyclic) bond motifs is 1. The lowest BCUT2D eigenvalue weighted by Gasteiger charge is -2.20. The molecular weight excluding hydrogens is 306 g/mol. The summed E-state index contributed by atoms with van der Waals surface area (Å²) in [6.07, 6.45) is 3.71. The number of Topliss-reactive ketones (excluding diaryl/α,β-unsaturated/α-hetero) is 1. The van der Waals surface area contributed by atoms with E-state index in [0.29, 0.717) is 12.2 Å². The van der Waals surface area contributed by atoms with Crippen molar-refractivity contribution in [3.8, 4) is 5.75 Å². The van der Waals surface area contributed by atoms with Crippen molar-refractivity contribution in [2.45, 2.75) is 6.42 Å². The molecule has 2 amide bonds. The van der Waals surface area contributed by atoms with Crippen LogP contribution in [0.15, 0.2) is 47.1 Å². The number of hydrogen-bond acceptors (Lipinski definition) is 4. The number of carbonyl (C=O) groups excluding carboxylic acids is 3. The molecule has 0 radical (unpaired) electrons. The van der Waals surface area contributed by atoms with Crippen LogP contribution in [-0.2, 0) is 9.59 Å². The molecule has 2 aliphatic rings. The van der Waals surface area contributed by atoms with Crippen molar-refractivity contribution < 1.29 is 19.1 Å². The molecule has 1 saturated heterocycles. The summed E-state index contributed by atoms with van der Waals surface area (Å²) in [5, 5.41) is 0.248. The van der Waals surface area contributed by atoms with Crippen LogP contribution in [0.3, 0.4) is 0 Å². The zero-order chi connectivity index (χ0) is 15.9. The minimum absolute atomic E-state index is 0.248. The Bertz CT molecular complexity index is 733. The second-order valence-electron chi connectivity index (χ2n) is 4.96. The van der Waals surface area contributed by atoms with Gasteiger partial charge in [-0.25, -0.2) is 4.90 Å². The first-order chi connectivity index (χ1) is 10.5. The minimum Gasteiger partial charge on any atom is -0.497 e. The second-order valence-corrected chi connectivity index (χ2v) is 5.37. The van der Waals surface area contributed by atoms with E-state index in [2.05, 4.69) is 0 Å². The Morgan fingerprint density at radius 2 is 1.95 bits per heavy atom. The third-order valence-electron chi connectivity index (χ3n) is 3.72. The molecule has 0 spiro atoms. The number of benzene rings is 1. The summed E-state index contributed by atoms with van der Waals surface area (Å²) < 4.78 is 5.03. The minimum atomic E-state index is -0.831. The normalized spacial score (nSPS) is 20.5. The molecule has 6 heteroatoms. The Hall–Kier alpha value is -2.40. The SMILES string of the molecule is COc1ccc(C(=O)N2C(=O)C(=O)C3CC=CC(Cl)=C32)cc1. The summed E-state index contributed by atoms with van der Waals surface area (Å²) in [6.45, 7) is 0. The van der Waals surface area contributed by atoms with Crippen LogP contribution in [0.4, 0.5) is 0 Å². The predicted octanol–water partition coefficient (Wildman–Crippen LogP) is 2.27. The first-order valence-electron chi connectivity index (χ1n) is 6.67. The van der Waals surface area contributed by atoms with Crippen molar-refractivity contribution in [2.75, 3.05) is 7.11 Å². The van der Waals surface area contributed by atoms with E-state index in [0.717, 1.165) is 4.90 Å². The van der Waals surface area contributed by atoms with E-state index in [-0.39, 0.29) is 16.3 Å². The first kappa shape index (κ1) is 14.5. The van der Waals surface area contributed by atoms with E-state index in [4.69, 9.17) is 16.3 Å². The number of halogens is 1. The number of methoxy groups -OCH3 is 1. The molecule has 3 rings (SSSR count). The zero-order valence-corrected chi connectivity index (χ0v) is 12.5. The molecule has 1 heterocycles. The lowest BCUT2D eigenvalue weighted by molar-refractivity contribution is -0.139. The molecule has 5 nitrogen and oxygen atoms in total. The van der Waals surface area contributed by atoms with Gasteiger partial charge in [0.25, 0.3) is 5.91 Å². The maximum Gasteiger partial charge on any atom is 0.301 e. The summed E-state index contributed by atoms with van der Waals surface area (Å²) >= 11 is 6.10. The van der Waals surface area contributed by atoms with Gasteiger partial charge in [0, 0.05) is 5.56 Å². The third kappa shape index (κ3) is 2.14. The molecule has 1 unspecified atom stereocenters. The van der Waals surface area contributed by atoms with Crippen LogP contribution in [0.25, 0.3) is 0 Å². The number of rotatable bonds is 2. The van der Waals surface area contributed by atoms with Crippen LogP contribution in [0.2, 0.25) is 0 Å². The number of likely N-dealkylation sites (tertiary alicyclic amines) is 1. The van der Waals surface area contributed by atoms with Gasteiger partial charge in [-0.3, -0.25) is 14.4 Å². The van der Waals surface area contributed by atoms with E-state index < -0.39 is 23.5 Å². The summed E-state index contributed by atoms with van der Waals surface area (Å²) in [5.41, 5.74) is 0.564. The Kier molecular flexibility index (Phi) is 3.58. The summed E-state index contributed by atoms with van der Waals surface area (Å²) in [5.74, 6) is -2.06. The number of amides is 2. The van der Waals surface area contributed by atoms with Gasteiger partial charge < -0.3 is 4.74 Å². The molecule has 1 aromatic carbocycles. The number of nitrogens with zero attached hydrogens (tertiary/aromatic N) is 1. The highest BCUT2D eigenvalue weighted by molar-refractivity contribution is 6.45. The zero-order valence-electron chi connectivity index (χ0n) is 11.7. The largest absolute Gasteiger partial charge is 0.497 e. The average molecular weight is 318 g/mol. The van der Waals surface area contributed by atoms with Gasteiger partial charge in [-0.15, -0.1) is 0 Å².